The number of rotatable bonds is 6. The van der Waals surface area contributed by atoms with Crippen LogP contribution in [0.15, 0.2) is 36.4 Å². The van der Waals surface area contributed by atoms with Crippen LogP contribution in [0.25, 0.3) is 0 Å². The van der Waals surface area contributed by atoms with Crippen LogP contribution in [0.4, 0.5) is 26.3 Å². The first kappa shape index (κ1) is 20.6. The fourth-order valence-electron chi connectivity index (χ4n) is 1.96. The van der Waals surface area contributed by atoms with E-state index in [1.165, 1.54) is 24.3 Å². The molecule has 2 aromatic carbocycles. The minimum absolute atomic E-state index is 0.335. The summed E-state index contributed by atoms with van der Waals surface area (Å²) in [5.41, 5.74) is 1.12. The molecule has 0 N–H and O–H groups in total. The van der Waals surface area contributed by atoms with Gasteiger partial charge < -0.3 is 18.8 Å². The zero-order valence-electron chi connectivity index (χ0n) is 13.9. The molecule has 0 heterocycles. The van der Waals surface area contributed by atoms with Gasteiger partial charge >= 0.3 is 20.4 Å². The van der Waals surface area contributed by atoms with Crippen molar-refractivity contribution in [1.29, 1.82) is 0 Å². The summed E-state index contributed by atoms with van der Waals surface area (Å²) in [6.45, 7) is 3.20. The Morgan fingerprint density at radius 3 is 1.33 bits per heavy atom. The van der Waals surface area contributed by atoms with Gasteiger partial charge in [0.1, 0.15) is 11.5 Å². The molecule has 2 rings (SSSR count). The largest absolute Gasteiger partial charge is 0.658 e. The van der Waals surface area contributed by atoms with Crippen LogP contribution in [0.2, 0.25) is 0 Å². The van der Waals surface area contributed by atoms with E-state index >= 15 is 0 Å². The van der Waals surface area contributed by atoms with E-state index in [1.54, 1.807) is 13.8 Å². The number of aryl methyl sites for hydroxylation is 2. The standard InChI is InChI=1S/C16H12BF6O4/c1-9-3-5-11(24-15(18,19)20)13(7-9)26-17-27-14-8-10(2)4-6-12(14)25-16(21,22)23/h3-8H,1-2H3. The Balaban J connectivity index is 2.13. The van der Waals surface area contributed by atoms with Gasteiger partial charge in [0.05, 0.1) is 0 Å². The average molecular weight is 393 g/mol. The normalized spacial score (nSPS) is 11.7. The maximum atomic E-state index is 12.4. The average Bonchev–Trinajstić information content (AvgIpc) is 2.50. The molecule has 0 unspecified atom stereocenters. The predicted molar refractivity (Wildman–Crippen MR) is 82.7 cm³/mol. The van der Waals surface area contributed by atoms with Gasteiger partial charge in [-0.25, -0.2) is 0 Å². The van der Waals surface area contributed by atoms with Crippen molar-refractivity contribution in [2.45, 2.75) is 26.6 Å². The lowest BCUT2D eigenvalue weighted by molar-refractivity contribution is -0.275. The number of alkyl halides is 6. The Kier molecular flexibility index (Phi) is 6.02. The lowest BCUT2D eigenvalue weighted by Crippen LogP contribution is -2.20. The van der Waals surface area contributed by atoms with Crippen LogP contribution >= 0.6 is 0 Å². The van der Waals surface area contributed by atoms with Gasteiger partial charge in [-0.05, 0) is 49.2 Å². The molecule has 0 spiro atoms. The number of hydrogen-bond acceptors (Lipinski definition) is 4. The summed E-state index contributed by atoms with van der Waals surface area (Å²) in [7, 11) is 0.579. The van der Waals surface area contributed by atoms with Crippen LogP contribution in [0.3, 0.4) is 0 Å². The molecule has 0 aliphatic rings. The third-order valence-corrected chi connectivity index (χ3v) is 3.00. The Morgan fingerprint density at radius 1 is 0.630 bits per heavy atom. The monoisotopic (exact) mass is 393 g/mol. The van der Waals surface area contributed by atoms with E-state index in [0.717, 1.165) is 12.1 Å². The van der Waals surface area contributed by atoms with E-state index < -0.39 is 24.2 Å². The van der Waals surface area contributed by atoms with Crippen molar-refractivity contribution in [3.63, 3.8) is 0 Å². The van der Waals surface area contributed by atoms with Crippen LogP contribution in [0.5, 0.6) is 23.0 Å². The molecular formula is C16H12BF6O4. The van der Waals surface area contributed by atoms with E-state index in [1.807, 2.05) is 0 Å². The molecule has 27 heavy (non-hydrogen) atoms. The quantitative estimate of drug-likeness (QED) is 0.506. The second-order valence-electron chi connectivity index (χ2n) is 5.33. The van der Waals surface area contributed by atoms with Gasteiger partial charge in [0.25, 0.3) is 0 Å². The van der Waals surface area contributed by atoms with Gasteiger partial charge in [0, 0.05) is 0 Å². The molecule has 145 valence electrons. The molecule has 1 radical (unpaired) electrons. The zero-order chi connectivity index (χ0) is 20.2. The molecule has 0 saturated carbocycles. The van der Waals surface area contributed by atoms with Crippen molar-refractivity contribution in [2.75, 3.05) is 0 Å². The fourth-order valence-corrected chi connectivity index (χ4v) is 1.96. The SMILES string of the molecule is Cc1ccc(OC(F)(F)F)c(O[B]Oc2cc(C)ccc2OC(F)(F)F)c1. The second kappa shape index (κ2) is 7.89. The Labute approximate surface area is 150 Å². The maximum Gasteiger partial charge on any atom is 0.658 e. The second-order valence-corrected chi connectivity index (χ2v) is 5.33. The highest BCUT2D eigenvalue weighted by Crippen LogP contribution is 2.35. The highest BCUT2D eigenvalue weighted by atomic mass is 19.4. The molecular weight excluding hydrogens is 381 g/mol. The molecule has 4 nitrogen and oxygen atoms in total. The topological polar surface area (TPSA) is 36.9 Å². The maximum absolute atomic E-state index is 12.4. The van der Waals surface area contributed by atoms with Crippen LogP contribution in [-0.2, 0) is 0 Å². The lowest BCUT2D eigenvalue weighted by Gasteiger charge is -2.16. The highest BCUT2D eigenvalue weighted by molar-refractivity contribution is 6.21. The number of ether oxygens (including phenoxy) is 2. The van der Waals surface area contributed by atoms with Crippen molar-refractivity contribution in [3.8, 4) is 23.0 Å². The number of halogens is 6. The summed E-state index contributed by atoms with van der Waals surface area (Å²) in [6, 6.07) is 7.29. The Bertz CT molecular complexity index is 726. The van der Waals surface area contributed by atoms with Crippen LogP contribution in [0, 0.1) is 13.8 Å². The van der Waals surface area contributed by atoms with Crippen molar-refractivity contribution < 1.29 is 45.1 Å². The van der Waals surface area contributed by atoms with E-state index in [9.17, 15) is 26.3 Å². The van der Waals surface area contributed by atoms with Gasteiger partial charge in [-0.2, -0.15) is 0 Å². The van der Waals surface area contributed by atoms with Crippen molar-refractivity contribution in [2.24, 2.45) is 0 Å². The summed E-state index contributed by atoms with van der Waals surface area (Å²) in [5, 5.41) is 0. The molecule has 0 aliphatic heterocycles. The first-order chi connectivity index (χ1) is 12.4. The minimum atomic E-state index is -4.95. The molecule has 11 heteroatoms. The molecule has 0 fully saturated rings. The molecule has 0 aliphatic carbocycles. The van der Waals surface area contributed by atoms with E-state index in [0.29, 0.717) is 18.8 Å². The van der Waals surface area contributed by atoms with E-state index in [4.69, 9.17) is 9.31 Å². The van der Waals surface area contributed by atoms with Crippen molar-refractivity contribution in [1.82, 2.24) is 0 Å². The van der Waals surface area contributed by atoms with Crippen molar-refractivity contribution >= 4 is 7.69 Å². The first-order valence-corrected chi connectivity index (χ1v) is 7.31. The smallest absolute Gasteiger partial charge is 0.524 e. The van der Waals surface area contributed by atoms with Gasteiger partial charge in [-0.1, -0.05) is 12.1 Å². The van der Waals surface area contributed by atoms with Gasteiger partial charge in [0.2, 0.25) is 0 Å². The zero-order valence-corrected chi connectivity index (χ0v) is 13.9. The predicted octanol–water partition coefficient (Wildman–Crippen LogP) is 5.09. The fraction of sp³-hybridized carbons (Fsp3) is 0.250. The third-order valence-electron chi connectivity index (χ3n) is 3.00. The van der Waals surface area contributed by atoms with Crippen molar-refractivity contribution in [3.05, 3.63) is 47.5 Å². The summed E-state index contributed by atoms with van der Waals surface area (Å²) in [6.07, 6.45) is -9.89. The molecule has 0 atom stereocenters. The lowest BCUT2D eigenvalue weighted by atomic mass is 10.2. The third kappa shape index (κ3) is 6.84. The first-order valence-electron chi connectivity index (χ1n) is 7.31. The van der Waals surface area contributed by atoms with Crippen LogP contribution < -0.4 is 18.8 Å². The van der Waals surface area contributed by atoms with Crippen LogP contribution in [0.1, 0.15) is 11.1 Å². The summed E-state index contributed by atoms with van der Waals surface area (Å²) in [5.74, 6) is -1.94. The number of benzene rings is 2. The molecule has 2 aromatic rings. The molecule has 0 bridgehead atoms. The van der Waals surface area contributed by atoms with Gasteiger partial charge in [0.15, 0.2) is 11.5 Å². The van der Waals surface area contributed by atoms with Gasteiger partial charge in [-0.15, -0.1) is 26.3 Å². The number of hydrogen-bond donors (Lipinski definition) is 0. The summed E-state index contributed by atoms with van der Waals surface area (Å²) in [4.78, 5) is 0. The van der Waals surface area contributed by atoms with Gasteiger partial charge in [-0.3, -0.25) is 0 Å². The minimum Gasteiger partial charge on any atom is -0.524 e. The highest BCUT2D eigenvalue weighted by Gasteiger charge is 2.33. The Hall–Kier alpha value is -2.72. The van der Waals surface area contributed by atoms with E-state index in [2.05, 4.69) is 9.47 Å². The molecule has 0 amide bonds. The van der Waals surface area contributed by atoms with E-state index in [-0.39, 0.29) is 11.5 Å². The molecule has 0 saturated heterocycles. The Morgan fingerprint density at radius 2 is 1.00 bits per heavy atom. The molecule has 0 aromatic heterocycles. The summed E-state index contributed by atoms with van der Waals surface area (Å²) >= 11 is 0. The van der Waals surface area contributed by atoms with Crippen LogP contribution in [-0.4, -0.2) is 20.4 Å². The summed E-state index contributed by atoms with van der Waals surface area (Å²) < 4.78 is 92.1.